The normalized spacial score (nSPS) is 25.5. The Morgan fingerprint density at radius 2 is 1.89 bits per heavy atom. The number of phenolic OH excluding ortho intramolecular Hbond substituents is 1. The quantitative estimate of drug-likeness (QED) is 0.905. The van der Waals surface area contributed by atoms with Gasteiger partial charge >= 0.3 is 0 Å². The lowest BCUT2D eigenvalue weighted by Crippen LogP contribution is -2.54. The molecular weight excluding hydrogens is 240 g/mol. The van der Waals surface area contributed by atoms with Crippen LogP contribution in [0.25, 0.3) is 0 Å². The Morgan fingerprint density at radius 3 is 2.47 bits per heavy atom. The monoisotopic (exact) mass is 264 g/mol. The summed E-state index contributed by atoms with van der Waals surface area (Å²) >= 11 is 0. The highest BCUT2D eigenvalue weighted by Crippen LogP contribution is 2.27. The fourth-order valence-electron chi connectivity index (χ4n) is 2.72. The largest absolute Gasteiger partial charge is 0.504 e. The molecule has 2 unspecified atom stereocenters. The molecule has 1 saturated heterocycles. The molecule has 2 atom stereocenters. The van der Waals surface area contributed by atoms with Crippen LogP contribution in [0.4, 0.5) is 0 Å². The van der Waals surface area contributed by atoms with Gasteiger partial charge in [0.1, 0.15) is 0 Å². The van der Waals surface area contributed by atoms with Crippen LogP contribution in [0.5, 0.6) is 11.5 Å². The highest BCUT2D eigenvalue weighted by Gasteiger charge is 2.26. The first-order chi connectivity index (χ1) is 9.01. The van der Waals surface area contributed by atoms with Crippen LogP contribution in [0.3, 0.4) is 0 Å². The fourth-order valence-corrected chi connectivity index (χ4v) is 2.72. The highest BCUT2D eigenvalue weighted by atomic mass is 16.5. The van der Waals surface area contributed by atoms with Crippen LogP contribution in [-0.2, 0) is 6.54 Å². The number of phenols is 1. The number of benzene rings is 1. The van der Waals surface area contributed by atoms with Crippen molar-refractivity contribution in [2.24, 2.45) is 0 Å². The van der Waals surface area contributed by atoms with Crippen molar-refractivity contribution in [3.05, 3.63) is 23.8 Å². The smallest absolute Gasteiger partial charge is 0.160 e. The summed E-state index contributed by atoms with van der Waals surface area (Å²) < 4.78 is 5.16. The molecule has 1 fully saturated rings. The van der Waals surface area contributed by atoms with Gasteiger partial charge in [-0.25, -0.2) is 0 Å². The molecule has 0 amide bonds. The van der Waals surface area contributed by atoms with Crippen molar-refractivity contribution in [3.8, 4) is 11.5 Å². The summed E-state index contributed by atoms with van der Waals surface area (Å²) in [6, 6.07) is 6.73. The van der Waals surface area contributed by atoms with E-state index in [4.69, 9.17) is 4.74 Å². The predicted octanol–water partition coefficient (Wildman–Crippen LogP) is 1.93. The van der Waals surface area contributed by atoms with E-state index in [1.54, 1.807) is 13.2 Å². The van der Waals surface area contributed by atoms with Crippen LogP contribution in [0.15, 0.2) is 18.2 Å². The molecule has 0 aliphatic carbocycles. The molecule has 4 nitrogen and oxygen atoms in total. The first-order valence-corrected chi connectivity index (χ1v) is 6.81. The van der Waals surface area contributed by atoms with Crippen molar-refractivity contribution in [3.63, 3.8) is 0 Å². The average molecular weight is 264 g/mol. The van der Waals surface area contributed by atoms with Gasteiger partial charge < -0.3 is 9.84 Å². The number of nitrogens with zero attached hydrogens (tertiary/aromatic N) is 2. The van der Waals surface area contributed by atoms with E-state index in [0.717, 1.165) is 19.6 Å². The molecule has 1 aromatic rings. The molecule has 1 aliphatic rings. The number of rotatable bonds is 3. The Hall–Kier alpha value is -1.26. The third-order valence-electron chi connectivity index (χ3n) is 4.09. The van der Waals surface area contributed by atoms with Gasteiger partial charge in [-0.1, -0.05) is 6.07 Å². The number of piperazine rings is 1. The van der Waals surface area contributed by atoms with Gasteiger partial charge in [-0.3, -0.25) is 9.80 Å². The molecule has 1 heterocycles. The van der Waals surface area contributed by atoms with E-state index in [9.17, 15) is 5.11 Å². The molecular formula is C15H24N2O2. The lowest BCUT2D eigenvalue weighted by molar-refractivity contribution is 0.0556. The summed E-state index contributed by atoms with van der Waals surface area (Å²) in [5.74, 6) is 0.749. The van der Waals surface area contributed by atoms with Gasteiger partial charge in [0, 0.05) is 31.7 Å². The number of methoxy groups -OCH3 is 1. The first kappa shape index (κ1) is 14.2. The summed E-state index contributed by atoms with van der Waals surface area (Å²) in [4.78, 5) is 4.88. The number of aromatic hydroxyl groups is 1. The highest BCUT2D eigenvalue weighted by molar-refractivity contribution is 5.41. The molecule has 0 bridgehead atoms. The SMILES string of the molecule is COc1cc(CN2CC(C)N(C)C(C)C2)ccc1O. The van der Waals surface area contributed by atoms with Crippen molar-refractivity contribution in [2.45, 2.75) is 32.5 Å². The van der Waals surface area contributed by atoms with E-state index in [1.165, 1.54) is 5.56 Å². The summed E-state index contributed by atoms with van der Waals surface area (Å²) in [5, 5.41) is 9.61. The van der Waals surface area contributed by atoms with Crippen molar-refractivity contribution in [1.29, 1.82) is 0 Å². The molecule has 1 N–H and O–H groups in total. The molecule has 4 heteroatoms. The van der Waals surface area contributed by atoms with Crippen LogP contribution in [0.2, 0.25) is 0 Å². The number of ether oxygens (including phenoxy) is 1. The van der Waals surface area contributed by atoms with E-state index >= 15 is 0 Å². The molecule has 1 aliphatic heterocycles. The molecule has 0 radical (unpaired) electrons. The van der Waals surface area contributed by atoms with E-state index < -0.39 is 0 Å². The van der Waals surface area contributed by atoms with Gasteiger partial charge in [-0.05, 0) is 38.6 Å². The Morgan fingerprint density at radius 1 is 1.26 bits per heavy atom. The third-order valence-corrected chi connectivity index (χ3v) is 4.09. The third kappa shape index (κ3) is 3.19. The zero-order valence-corrected chi connectivity index (χ0v) is 12.3. The number of hydrogen-bond acceptors (Lipinski definition) is 4. The minimum atomic E-state index is 0.200. The van der Waals surface area contributed by atoms with Gasteiger partial charge in [-0.15, -0.1) is 0 Å². The average Bonchev–Trinajstić information content (AvgIpc) is 2.38. The van der Waals surface area contributed by atoms with Crippen molar-refractivity contribution < 1.29 is 9.84 Å². The molecule has 1 aromatic carbocycles. The van der Waals surface area contributed by atoms with Crippen LogP contribution in [0, 0.1) is 0 Å². The molecule has 0 saturated carbocycles. The first-order valence-electron chi connectivity index (χ1n) is 6.81. The molecule has 106 valence electrons. The zero-order valence-electron chi connectivity index (χ0n) is 12.3. The van der Waals surface area contributed by atoms with Crippen LogP contribution >= 0.6 is 0 Å². The second-order valence-electron chi connectivity index (χ2n) is 5.56. The summed E-state index contributed by atoms with van der Waals surface area (Å²) in [5.41, 5.74) is 1.18. The predicted molar refractivity (Wildman–Crippen MR) is 76.6 cm³/mol. The van der Waals surface area contributed by atoms with Gasteiger partial charge in [-0.2, -0.15) is 0 Å². The lowest BCUT2D eigenvalue weighted by atomic mass is 10.1. The maximum absolute atomic E-state index is 9.61. The van der Waals surface area contributed by atoms with Crippen molar-refractivity contribution in [1.82, 2.24) is 9.80 Å². The van der Waals surface area contributed by atoms with Crippen molar-refractivity contribution in [2.75, 3.05) is 27.2 Å². The topological polar surface area (TPSA) is 35.9 Å². The summed E-state index contributed by atoms with van der Waals surface area (Å²) in [6.45, 7) is 7.58. The Labute approximate surface area is 115 Å². The minimum absolute atomic E-state index is 0.200. The van der Waals surface area contributed by atoms with Gasteiger partial charge in [0.05, 0.1) is 7.11 Å². The Kier molecular flexibility index (Phi) is 4.32. The standard InChI is InChI=1S/C15H24N2O2/c1-11-8-17(9-12(2)16(11)3)10-13-5-6-14(18)15(7-13)19-4/h5-7,11-12,18H,8-10H2,1-4H3. The van der Waals surface area contributed by atoms with Crippen molar-refractivity contribution >= 4 is 0 Å². The Bertz CT molecular complexity index is 424. The summed E-state index contributed by atoms with van der Waals surface area (Å²) in [6.07, 6.45) is 0. The van der Waals surface area contributed by atoms with E-state index in [0.29, 0.717) is 17.8 Å². The van der Waals surface area contributed by atoms with Crippen LogP contribution in [0.1, 0.15) is 19.4 Å². The van der Waals surface area contributed by atoms with Gasteiger partial charge in [0.15, 0.2) is 11.5 Å². The van der Waals surface area contributed by atoms with E-state index in [1.807, 2.05) is 12.1 Å². The molecule has 0 spiro atoms. The maximum atomic E-state index is 9.61. The lowest BCUT2D eigenvalue weighted by Gasteiger charge is -2.42. The fraction of sp³-hybridized carbons (Fsp3) is 0.600. The summed E-state index contributed by atoms with van der Waals surface area (Å²) in [7, 11) is 3.77. The molecule has 19 heavy (non-hydrogen) atoms. The number of likely N-dealkylation sites (N-methyl/N-ethyl adjacent to an activating group) is 1. The molecule has 2 rings (SSSR count). The van der Waals surface area contributed by atoms with Gasteiger partial charge in [0.25, 0.3) is 0 Å². The maximum Gasteiger partial charge on any atom is 0.160 e. The second kappa shape index (κ2) is 5.80. The van der Waals surface area contributed by atoms with E-state index in [2.05, 4.69) is 30.7 Å². The molecule has 0 aromatic heterocycles. The number of hydrogen-bond donors (Lipinski definition) is 1. The van der Waals surface area contributed by atoms with Gasteiger partial charge in [0.2, 0.25) is 0 Å². The van der Waals surface area contributed by atoms with Crippen LogP contribution < -0.4 is 4.74 Å². The second-order valence-corrected chi connectivity index (χ2v) is 5.56. The Balaban J connectivity index is 2.05. The minimum Gasteiger partial charge on any atom is -0.504 e. The zero-order chi connectivity index (χ0) is 14.0. The van der Waals surface area contributed by atoms with E-state index in [-0.39, 0.29) is 5.75 Å². The van der Waals surface area contributed by atoms with Crippen LogP contribution in [-0.4, -0.2) is 54.2 Å².